The highest BCUT2D eigenvalue weighted by Gasteiger charge is 2.36. The molecular formula is C15H21NO4. The van der Waals surface area contributed by atoms with E-state index in [1.165, 1.54) is 0 Å². The number of carbonyl (C=O) groups is 1. The molecule has 0 saturated carbocycles. The number of para-hydroxylation sites is 2. The molecular weight excluding hydrogens is 258 g/mol. The van der Waals surface area contributed by atoms with Gasteiger partial charge in [0.15, 0.2) is 11.5 Å². The van der Waals surface area contributed by atoms with Crippen LogP contribution in [0.25, 0.3) is 0 Å². The van der Waals surface area contributed by atoms with E-state index in [1.807, 2.05) is 32.0 Å². The van der Waals surface area contributed by atoms with Gasteiger partial charge in [-0.3, -0.25) is 4.79 Å². The molecule has 2 N–H and O–H groups in total. The van der Waals surface area contributed by atoms with Gasteiger partial charge in [0, 0.05) is 12.1 Å². The Morgan fingerprint density at radius 2 is 1.90 bits per heavy atom. The van der Waals surface area contributed by atoms with Gasteiger partial charge < -0.3 is 19.9 Å². The highest BCUT2D eigenvalue weighted by atomic mass is 16.6. The van der Waals surface area contributed by atoms with Crippen LogP contribution in [0.3, 0.4) is 0 Å². The molecule has 2 atom stereocenters. The molecule has 0 aliphatic carbocycles. The quantitative estimate of drug-likeness (QED) is 0.876. The predicted octanol–water partition coefficient (Wildman–Crippen LogP) is 1.49. The molecule has 5 heteroatoms. The Hall–Kier alpha value is -1.75. The summed E-state index contributed by atoms with van der Waals surface area (Å²) in [5.74, 6) is 0.995. The number of hydrogen-bond acceptors (Lipinski definition) is 4. The van der Waals surface area contributed by atoms with Gasteiger partial charge in [-0.2, -0.15) is 0 Å². The molecule has 1 aliphatic heterocycles. The van der Waals surface area contributed by atoms with Crippen LogP contribution in [0.2, 0.25) is 0 Å². The zero-order chi connectivity index (χ0) is 14.8. The molecule has 0 fully saturated rings. The number of amides is 1. The Morgan fingerprint density at radius 1 is 1.30 bits per heavy atom. The lowest BCUT2D eigenvalue weighted by Crippen LogP contribution is -2.54. The average Bonchev–Trinajstić information content (AvgIpc) is 2.37. The topological polar surface area (TPSA) is 67.8 Å². The fourth-order valence-electron chi connectivity index (χ4n) is 2.15. The second-order valence-corrected chi connectivity index (χ2v) is 5.65. The van der Waals surface area contributed by atoms with E-state index in [4.69, 9.17) is 14.6 Å². The van der Waals surface area contributed by atoms with Gasteiger partial charge in [0.25, 0.3) is 5.91 Å². The third kappa shape index (κ3) is 3.22. The number of hydrogen-bond donors (Lipinski definition) is 2. The van der Waals surface area contributed by atoms with Crippen molar-refractivity contribution < 1.29 is 19.4 Å². The van der Waals surface area contributed by atoms with Crippen LogP contribution in [0, 0.1) is 0 Å². The van der Waals surface area contributed by atoms with Crippen LogP contribution in [0.1, 0.15) is 27.2 Å². The molecule has 1 amide bonds. The molecule has 1 heterocycles. The van der Waals surface area contributed by atoms with Gasteiger partial charge in [-0.1, -0.05) is 12.1 Å². The fourth-order valence-corrected chi connectivity index (χ4v) is 2.15. The third-order valence-electron chi connectivity index (χ3n) is 3.30. The van der Waals surface area contributed by atoms with Gasteiger partial charge in [-0.05, 0) is 39.3 Å². The van der Waals surface area contributed by atoms with E-state index < -0.39 is 11.6 Å². The summed E-state index contributed by atoms with van der Waals surface area (Å²) in [7, 11) is 0. The molecule has 110 valence electrons. The van der Waals surface area contributed by atoms with E-state index in [-0.39, 0.29) is 18.6 Å². The number of rotatable bonds is 4. The van der Waals surface area contributed by atoms with Crippen molar-refractivity contribution in [2.45, 2.75) is 44.9 Å². The fraction of sp³-hybridized carbons (Fsp3) is 0.533. The van der Waals surface area contributed by atoms with E-state index in [1.54, 1.807) is 13.0 Å². The summed E-state index contributed by atoms with van der Waals surface area (Å²) in [6, 6.07) is 7.29. The minimum atomic E-state index is -0.692. The number of benzene rings is 1. The summed E-state index contributed by atoms with van der Waals surface area (Å²) < 4.78 is 11.4. The first kappa shape index (κ1) is 14.7. The van der Waals surface area contributed by atoms with Gasteiger partial charge in [-0.25, -0.2) is 0 Å². The largest absolute Gasteiger partial charge is 0.482 e. The van der Waals surface area contributed by atoms with E-state index in [9.17, 15) is 4.79 Å². The van der Waals surface area contributed by atoms with Crippen LogP contribution < -0.4 is 14.8 Å². The van der Waals surface area contributed by atoms with E-state index in [0.717, 1.165) is 0 Å². The summed E-state index contributed by atoms with van der Waals surface area (Å²) >= 11 is 0. The van der Waals surface area contributed by atoms with Crippen molar-refractivity contribution >= 4 is 5.91 Å². The van der Waals surface area contributed by atoms with Crippen LogP contribution in [0.15, 0.2) is 24.3 Å². The van der Waals surface area contributed by atoms with Gasteiger partial charge in [-0.15, -0.1) is 0 Å². The van der Waals surface area contributed by atoms with Crippen molar-refractivity contribution in [1.29, 1.82) is 0 Å². The maximum Gasteiger partial charge on any atom is 0.265 e. The van der Waals surface area contributed by atoms with Gasteiger partial charge in [0.05, 0.1) is 0 Å². The smallest absolute Gasteiger partial charge is 0.265 e. The lowest BCUT2D eigenvalue weighted by atomic mass is 10.0. The first-order valence-electron chi connectivity index (χ1n) is 6.78. The predicted molar refractivity (Wildman–Crippen MR) is 74.9 cm³/mol. The second kappa shape index (κ2) is 5.71. The van der Waals surface area contributed by atoms with Crippen LogP contribution in [-0.2, 0) is 4.79 Å². The van der Waals surface area contributed by atoms with E-state index in [0.29, 0.717) is 17.9 Å². The number of nitrogens with one attached hydrogen (secondary N) is 1. The summed E-state index contributed by atoms with van der Waals surface area (Å²) in [5, 5.41) is 11.9. The molecule has 1 aromatic rings. The molecule has 0 aromatic heterocycles. The summed E-state index contributed by atoms with van der Waals surface area (Å²) in [4.78, 5) is 12.3. The number of fused-ring (bicyclic) bond motifs is 1. The molecule has 0 saturated heterocycles. The highest BCUT2D eigenvalue weighted by Crippen LogP contribution is 2.33. The van der Waals surface area contributed by atoms with Crippen molar-refractivity contribution in [3.8, 4) is 11.5 Å². The second-order valence-electron chi connectivity index (χ2n) is 5.65. The number of ether oxygens (including phenoxy) is 2. The van der Waals surface area contributed by atoms with Crippen LogP contribution >= 0.6 is 0 Å². The molecule has 2 unspecified atom stereocenters. The molecule has 1 aliphatic rings. The summed E-state index contributed by atoms with van der Waals surface area (Å²) in [6.07, 6.45) is -0.574. The number of aliphatic hydroxyl groups is 1. The van der Waals surface area contributed by atoms with Gasteiger partial charge in [0.2, 0.25) is 6.10 Å². The molecule has 1 aromatic carbocycles. The SMILES string of the molecule is CC1Oc2ccccc2OC1C(=O)NC(C)(C)CCO. The molecule has 2 rings (SSSR count). The molecule has 0 bridgehead atoms. The third-order valence-corrected chi connectivity index (χ3v) is 3.30. The lowest BCUT2D eigenvalue weighted by Gasteiger charge is -2.34. The minimum Gasteiger partial charge on any atom is -0.482 e. The Kier molecular flexibility index (Phi) is 4.18. The van der Waals surface area contributed by atoms with Crippen molar-refractivity contribution in [3.05, 3.63) is 24.3 Å². The monoisotopic (exact) mass is 279 g/mol. The minimum absolute atomic E-state index is 0.0215. The first-order valence-corrected chi connectivity index (χ1v) is 6.78. The van der Waals surface area contributed by atoms with Crippen molar-refractivity contribution in [3.63, 3.8) is 0 Å². The lowest BCUT2D eigenvalue weighted by molar-refractivity contribution is -0.135. The Balaban J connectivity index is 2.08. The maximum atomic E-state index is 12.3. The molecule has 5 nitrogen and oxygen atoms in total. The standard InChI is InChI=1S/C15H21NO4/c1-10-13(14(18)16-15(2,3)8-9-17)20-12-7-5-4-6-11(12)19-10/h4-7,10,13,17H,8-9H2,1-3H3,(H,16,18). The zero-order valence-corrected chi connectivity index (χ0v) is 12.1. The summed E-state index contributed by atoms with van der Waals surface area (Å²) in [5.41, 5.74) is -0.480. The van der Waals surface area contributed by atoms with Crippen LogP contribution in [-0.4, -0.2) is 35.4 Å². The first-order chi connectivity index (χ1) is 9.43. The van der Waals surface area contributed by atoms with Gasteiger partial charge >= 0.3 is 0 Å². The normalized spacial score (nSPS) is 21.4. The van der Waals surface area contributed by atoms with Crippen molar-refractivity contribution in [2.75, 3.05) is 6.61 Å². The van der Waals surface area contributed by atoms with Crippen LogP contribution in [0.5, 0.6) is 11.5 Å². The maximum absolute atomic E-state index is 12.3. The van der Waals surface area contributed by atoms with E-state index >= 15 is 0 Å². The Morgan fingerprint density at radius 3 is 2.50 bits per heavy atom. The molecule has 0 spiro atoms. The highest BCUT2D eigenvalue weighted by molar-refractivity contribution is 5.83. The van der Waals surface area contributed by atoms with Crippen molar-refractivity contribution in [1.82, 2.24) is 5.32 Å². The van der Waals surface area contributed by atoms with Gasteiger partial charge in [0.1, 0.15) is 6.10 Å². The number of carbonyl (C=O) groups excluding carboxylic acids is 1. The van der Waals surface area contributed by atoms with Crippen LogP contribution in [0.4, 0.5) is 0 Å². The molecule has 20 heavy (non-hydrogen) atoms. The summed E-state index contributed by atoms with van der Waals surface area (Å²) in [6.45, 7) is 5.56. The van der Waals surface area contributed by atoms with Crippen molar-refractivity contribution in [2.24, 2.45) is 0 Å². The Labute approximate surface area is 118 Å². The Bertz CT molecular complexity index is 487. The average molecular weight is 279 g/mol. The van der Waals surface area contributed by atoms with E-state index in [2.05, 4.69) is 5.32 Å². The molecule has 0 radical (unpaired) electrons. The zero-order valence-electron chi connectivity index (χ0n) is 12.1. The number of aliphatic hydroxyl groups excluding tert-OH is 1.